The lowest BCUT2D eigenvalue weighted by Crippen LogP contribution is -2.06. The molecule has 3 heteroatoms. The Balaban J connectivity index is 1.83. The summed E-state index contributed by atoms with van der Waals surface area (Å²) in [4.78, 5) is 23.8. The minimum atomic E-state index is -0.987. The van der Waals surface area contributed by atoms with Gasteiger partial charge in [-0.3, -0.25) is 4.79 Å². The summed E-state index contributed by atoms with van der Waals surface area (Å²) in [7, 11) is 0. The van der Waals surface area contributed by atoms with Crippen LogP contribution in [0.5, 0.6) is 0 Å². The number of allylic oxidation sites excluding steroid dienone is 4. The van der Waals surface area contributed by atoms with E-state index in [0.717, 1.165) is 27.8 Å². The van der Waals surface area contributed by atoms with Crippen LogP contribution in [0.15, 0.2) is 97.1 Å². The predicted octanol–water partition coefficient (Wildman–Crippen LogP) is 5.50. The summed E-state index contributed by atoms with van der Waals surface area (Å²) in [6, 6.07) is 24.8. The smallest absolute Gasteiger partial charge is 0.335 e. The largest absolute Gasteiger partial charge is 0.478 e. The molecule has 0 amide bonds. The van der Waals surface area contributed by atoms with Crippen LogP contribution in [0.1, 0.15) is 32.6 Å². The van der Waals surface area contributed by atoms with Crippen molar-refractivity contribution in [2.75, 3.05) is 0 Å². The minimum Gasteiger partial charge on any atom is -0.478 e. The van der Waals surface area contributed by atoms with Gasteiger partial charge in [0.05, 0.1) is 5.56 Å². The summed E-state index contributed by atoms with van der Waals surface area (Å²) in [5, 5.41) is 9.22. The lowest BCUT2D eigenvalue weighted by Gasteiger charge is -2.14. The van der Waals surface area contributed by atoms with E-state index in [9.17, 15) is 14.7 Å². The summed E-state index contributed by atoms with van der Waals surface area (Å²) in [6.45, 7) is 0. The Kier molecular flexibility index (Phi) is 5.04. The zero-order chi connectivity index (χ0) is 20.2. The molecule has 4 rings (SSSR count). The Morgan fingerprint density at radius 2 is 1.38 bits per heavy atom. The molecule has 0 heterocycles. The molecule has 0 fully saturated rings. The first-order valence-corrected chi connectivity index (χ1v) is 9.26. The van der Waals surface area contributed by atoms with Crippen LogP contribution in [0.3, 0.4) is 0 Å². The number of fused-ring (bicyclic) bond motifs is 1. The van der Waals surface area contributed by atoms with E-state index < -0.39 is 5.97 Å². The van der Waals surface area contributed by atoms with Crippen molar-refractivity contribution in [3.8, 4) is 0 Å². The highest BCUT2D eigenvalue weighted by molar-refractivity contribution is 6.30. The minimum absolute atomic E-state index is 0.0997. The number of aromatic carboxylic acids is 1. The van der Waals surface area contributed by atoms with Crippen molar-refractivity contribution in [1.82, 2.24) is 0 Å². The fraction of sp³-hybridized carbons (Fsp3) is 0. The van der Waals surface area contributed by atoms with Gasteiger partial charge in [0.1, 0.15) is 0 Å². The molecule has 1 N–H and O–H groups in total. The molecule has 0 unspecified atom stereocenters. The Hall–Kier alpha value is -3.98. The Morgan fingerprint density at radius 1 is 0.759 bits per heavy atom. The lowest BCUT2D eigenvalue weighted by atomic mass is 9.89. The average Bonchev–Trinajstić information content (AvgIpc) is 2.76. The molecule has 0 aliphatic heterocycles. The Bertz CT molecular complexity index is 1130. The van der Waals surface area contributed by atoms with Crippen LogP contribution in [0.4, 0.5) is 0 Å². The van der Waals surface area contributed by atoms with Gasteiger partial charge >= 0.3 is 5.97 Å². The van der Waals surface area contributed by atoms with Crippen LogP contribution < -0.4 is 0 Å². The van der Waals surface area contributed by atoms with E-state index in [-0.39, 0.29) is 11.3 Å². The van der Waals surface area contributed by atoms with E-state index >= 15 is 0 Å². The number of carbonyl (C=O) groups excluding carboxylic acids is 1. The molecule has 0 aromatic heterocycles. The molecule has 3 nitrogen and oxygen atoms in total. The first-order chi connectivity index (χ1) is 14.1. The third-order valence-corrected chi connectivity index (χ3v) is 4.85. The van der Waals surface area contributed by atoms with Gasteiger partial charge in [0, 0.05) is 5.57 Å². The fourth-order valence-corrected chi connectivity index (χ4v) is 3.40. The summed E-state index contributed by atoms with van der Waals surface area (Å²) in [5.74, 6) is -1.09. The fourth-order valence-electron chi connectivity index (χ4n) is 3.40. The van der Waals surface area contributed by atoms with Crippen LogP contribution >= 0.6 is 0 Å². The van der Waals surface area contributed by atoms with Gasteiger partial charge in [0.2, 0.25) is 0 Å². The van der Waals surface area contributed by atoms with E-state index in [4.69, 9.17) is 0 Å². The number of carboxylic acid groups (broad SMARTS) is 1. The van der Waals surface area contributed by atoms with Crippen molar-refractivity contribution in [3.63, 3.8) is 0 Å². The third kappa shape index (κ3) is 3.85. The van der Waals surface area contributed by atoms with Crippen molar-refractivity contribution in [3.05, 3.63) is 125 Å². The highest BCUT2D eigenvalue weighted by Gasteiger charge is 2.18. The maximum Gasteiger partial charge on any atom is 0.335 e. The highest BCUT2D eigenvalue weighted by Crippen LogP contribution is 2.29. The molecule has 3 aromatic carbocycles. The molecule has 0 radical (unpaired) electrons. The molecule has 0 saturated heterocycles. The second kappa shape index (κ2) is 7.95. The molecule has 1 aliphatic carbocycles. The van der Waals surface area contributed by atoms with Gasteiger partial charge in [0.15, 0.2) is 5.78 Å². The number of carbonyl (C=O) groups is 2. The van der Waals surface area contributed by atoms with Crippen molar-refractivity contribution >= 4 is 29.0 Å². The molecule has 0 spiro atoms. The summed E-state index contributed by atoms with van der Waals surface area (Å²) in [5.41, 5.74) is 5.32. The molecule has 29 heavy (non-hydrogen) atoms. The second-order valence-corrected chi connectivity index (χ2v) is 6.70. The zero-order valence-corrected chi connectivity index (χ0v) is 15.6. The molecule has 1 aliphatic rings. The van der Waals surface area contributed by atoms with Crippen LogP contribution in [-0.2, 0) is 4.79 Å². The Labute approximate surface area is 169 Å². The molecular weight excluding hydrogens is 360 g/mol. The van der Waals surface area contributed by atoms with Gasteiger partial charge in [-0.05, 0) is 52.1 Å². The van der Waals surface area contributed by atoms with E-state index in [1.165, 1.54) is 12.1 Å². The molecule has 140 valence electrons. The maximum atomic E-state index is 12.6. The average molecular weight is 378 g/mol. The molecular formula is C26H18O3. The van der Waals surface area contributed by atoms with E-state index in [2.05, 4.69) is 0 Å². The van der Waals surface area contributed by atoms with Crippen molar-refractivity contribution < 1.29 is 14.7 Å². The van der Waals surface area contributed by atoms with E-state index in [1.54, 1.807) is 18.2 Å². The quantitative estimate of drug-likeness (QED) is 0.610. The van der Waals surface area contributed by atoms with E-state index in [0.29, 0.717) is 5.57 Å². The van der Waals surface area contributed by atoms with Crippen LogP contribution in [0, 0.1) is 0 Å². The number of rotatable bonds is 4. The van der Waals surface area contributed by atoms with Crippen LogP contribution in [-0.4, -0.2) is 16.9 Å². The van der Waals surface area contributed by atoms with Crippen molar-refractivity contribution in [2.24, 2.45) is 0 Å². The third-order valence-electron chi connectivity index (χ3n) is 4.85. The number of hydrogen-bond donors (Lipinski definition) is 1. The SMILES string of the molecule is O=C1C=Cc2cc(C(=O)O)ccc2/C1=C\C=C(c1ccccc1)c1ccccc1. The van der Waals surface area contributed by atoms with Crippen LogP contribution in [0.25, 0.3) is 17.2 Å². The van der Waals surface area contributed by atoms with Gasteiger partial charge < -0.3 is 5.11 Å². The Morgan fingerprint density at radius 3 is 1.97 bits per heavy atom. The van der Waals surface area contributed by atoms with Crippen molar-refractivity contribution in [1.29, 1.82) is 0 Å². The molecule has 0 saturated carbocycles. The topological polar surface area (TPSA) is 54.4 Å². The number of hydrogen-bond acceptors (Lipinski definition) is 2. The van der Waals surface area contributed by atoms with Gasteiger partial charge in [-0.15, -0.1) is 0 Å². The molecule has 0 bridgehead atoms. The van der Waals surface area contributed by atoms with Crippen molar-refractivity contribution in [2.45, 2.75) is 0 Å². The predicted molar refractivity (Wildman–Crippen MR) is 115 cm³/mol. The first kappa shape index (κ1) is 18.4. The van der Waals surface area contributed by atoms with Crippen LogP contribution in [0.2, 0.25) is 0 Å². The van der Waals surface area contributed by atoms with E-state index in [1.807, 2.05) is 72.8 Å². The molecule has 3 aromatic rings. The van der Waals surface area contributed by atoms with Gasteiger partial charge in [0.25, 0.3) is 0 Å². The number of benzene rings is 3. The molecule has 0 atom stereocenters. The lowest BCUT2D eigenvalue weighted by molar-refractivity contribution is -0.109. The summed E-state index contributed by atoms with van der Waals surface area (Å²) in [6.07, 6.45) is 6.92. The first-order valence-electron chi connectivity index (χ1n) is 9.26. The highest BCUT2D eigenvalue weighted by atomic mass is 16.4. The number of ketones is 1. The standard InChI is InChI=1S/C26H18O3/c27-25-16-12-20-17-21(26(28)29)11-13-23(20)24(25)15-14-22(18-7-3-1-4-8-18)19-9-5-2-6-10-19/h1-17H,(H,28,29)/b24-15+. The monoisotopic (exact) mass is 378 g/mol. The summed E-state index contributed by atoms with van der Waals surface area (Å²) < 4.78 is 0. The maximum absolute atomic E-state index is 12.6. The zero-order valence-electron chi connectivity index (χ0n) is 15.6. The van der Waals surface area contributed by atoms with Gasteiger partial charge in [-0.1, -0.05) is 78.9 Å². The normalized spacial score (nSPS) is 13.8. The number of carboxylic acids is 1. The van der Waals surface area contributed by atoms with Gasteiger partial charge in [-0.25, -0.2) is 4.79 Å². The second-order valence-electron chi connectivity index (χ2n) is 6.70. The van der Waals surface area contributed by atoms with Gasteiger partial charge in [-0.2, -0.15) is 0 Å². The summed E-state index contributed by atoms with van der Waals surface area (Å²) >= 11 is 0.